The molecule has 1 spiro atoms. The molecule has 0 amide bonds. The first-order valence-corrected chi connectivity index (χ1v) is 7.69. The summed E-state index contributed by atoms with van der Waals surface area (Å²) in [6.07, 6.45) is 10.1. The van der Waals surface area contributed by atoms with Gasteiger partial charge in [0.15, 0.2) is 0 Å². The molecule has 1 aliphatic heterocycles. The molecule has 0 aromatic rings. The Morgan fingerprint density at radius 3 is 2.65 bits per heavy atom. The molecule has 2 aliphatic carbocycles. The number of rotatable bonds is 3. The number of hydrogen-bond donors (Lipinski definition) is 1. The van der Waals surface area contributed by atoms with E-state index in [1.165, 1.54) is 58.0 Å². The van der Waals surface area contributed by atoms with Crippen molar-refractivity contribution in [2.45, 2.75) is 76.4 Å². The Bertz CT molecular complexity index is 266. The molecule has 2 nitrogen and oxygen atoms in total. The Morgan fingerprint density at radius 2 is 2.00 bits per heavy atom. The van der Waals surface area contributed by atoms with E-state index in [4.69, 9.17) is 0 Å². The molecule has 2 atom stereocenters. The Morgan fingerprint density at radius 1 is 1.29 bits per heavy atom. The fourth-order valence-corrected chi connectivity index (χ4v) is 3.99. The molecule has 0 aromatic carbocycles. The SMILES string of the molecule is CC1CNC2(CCCC2)CN1C(C)CC1CC1. The van der Waals surface area contributed by atoms with E-state index in [1.54, 1.807) is 0 Å². The van der Waals surface area contributed by atoms with Crippen LogP contribution in [0.4, 0.5) is 0 Å². The van der Waals surface area contributed by atoms with Gasteiger partial charge in [0.2, 0.25) is 0 Å². The molecular formula is C15H28N2. The number of piperazine rings is 1. The summed E-state index contributed by atoms with van der Waals surface area (Å²) in [5, 5.41) is 3.86. The Balaban J connectivity index is 1.63. The van der Waals surface area contributed by atoms with Crippen LogP contribution in [-0.2, 0) is 0 Å². The van der Waals surface area contributed by atoms with E-state index in [1.807, 2.05) is 0 Å². The monoisotopic (exact) mass is 236 g/mol. The van der Waals surface area contributed by atoms with Crippen LogP contribution >= 0.6 is 0 Å². The molecule has 3 aliphatic rings. The van der Waals surface area contributed by atoms with Gasteiger partial charge in [-0.2, -0.15) is 0 Å². The number of nitrogens with zero attached hydrogens (tertiary/aromatic N) is 1. The van der Waals surface area contributed by atoms with Crippen LogP contribution in [0.5, 0.6) is 0 Å². The van der Waals surface area contributed by atoms with Gasteiger partial charge in [-0.15, -0.1) is 0 Å². The predicted octanol–water partition coefficient (Wildman–Crippen LogP) is 2.78. The van der Waals surface area contributed by atoms with E-state index in [0.717, 1.165) is 18.0 Å². The molecule has 98 valence electrons. The Hall–Kier alpha value is -0.0800. The first kappa shape index (κ1) is 12.0. The predicted molar refractivity (Wildman–Crippen MR) is 72.2 cm³/mol. The molecule has 3 fully saturated rings. The van der Waals surface area contributed by atoms with Gasteiger partial charge in [-0.05, 0) is 39.0 Å². The molecule has 2 unspecified atom stereocenters. The highest BCUT2D eigenvalue weighted by Crippen LogP contribution is 2.38. The van der Waals surface area contributed by atoms with Gasteiger partial charge in [-0.1, -0.05) is 25.7 Å². The zero-order valence-electron chi connectivity index (χ0n) is 11.5. The van der Waals surface area contributed by atoms with Crippen molar-refractivity contribution in [1.29, 1.82) is 0 Å². The molecule has 1 saturated heterocycles. The zero-order valence-corrected chi connectivity index (χ0v) is 11.5. The number of nitrogens with one attached hydrogen (secondary N) is 1. The molecule has 0 bridgehead atoms. The minimum atomic E-state index is 0.490. The van der Waals surface area contributed by atoms with Crippen LogP contribution in [0.3, 0.4) is 0 Å². The van der Waals surface area contributed by atoms with Crippen LogP contribution in [0.25, 0.3) is 0 Å². The van der Waals surface area contributed by atoms with E-state index in [2.05, 4.69) is 24.1 Å². The molecule has 2 heteroatoms. The lowest BCUT2D eigenvalue weighted by Gasteiger charge is -2.48. The highest BCUT2D eigenvalue weighted by atomic mass is 15.3. The maximum absolute atomic E-state index is 3.86. The first-order chi connectivity index (χ1) is 8.19. The van der Waals surface area contributed by atoms with Crippen LogP contribution in [-0.4, -0.2) is 35.6 Å². The van der Waals surface area contributed by atoms with Gasteiger partial charge in [0.1, 0.15) is 0 Å². The van der Waals surface area contributed by atoms with E-state index in [9.17, 15) is 0 Å². The van der Waals surface area contributed by atoms with Crippen molar-refractivity contribution in [2.24, 2.45) is 5.92 Å². The zero-order chi connectivity index (χ0) is 11.9. The van der Waals surface area contributed by atoms with Crippen LogP contribution in [0.15, 0.2) is 0 Å². The summed E-state index contributed by atoms with van der Waals surface area (Å²) < 4.78 is 0. The third kappa shape index (κ3) is 2.53. The molecule has 1 N–H and O–H groups in total. The topological polar surface area (TPSA) is 15.3 Å². The van der Waals surface area contributed by atoms with Gasteiger partial charge in [-0.25, -0.2) is 0 Å². The van der Waals surface area contributed by atoms with Crippen molar-refractivity contribution in [2.75, 3.05) is 13.1 Å². The van der Waals surface area contributed by atoms with Crippen molar-refractivity contribution < 1.29 is 0 Å². The summed E-state index contributed by atoms with van der Waals surface area (Å²) in [7, 11) is 0. The highest BCUT2D eigenvalue weighted by Gasteiger charge is 2.41. The third-order valence-electron chi connectivity index (χ3n) is 5.32. The van der Waals surface area contributed by atoms with Crippen molar-refractivity contribution in [3.8, 4) is 0 Å². The van der Waals surface area contributed by atoms with Gasteiger partial charge in [0.25, 0.3) is 0 Å². The molecule has 17 heavy (non-hydrogen) atoms. The second-order valence-electron chi connectivity index (χ2n) is 6.92. The number of hydrogen-bond acceptors (Lipinski definition) is 2. The van der Waals surface area contributed by atoms with Crippen molar-refractivity contribution in [1.82, 2.24) is 10.2 Å². The van der Waals surface area contributed by atoms with E-state index >= 15 is 0 Å². The molecule has 3 rings (SSSR count). The van der Waals surface area contributed by atoms with Gasteiger partial charge in [-0.3, -0.25) is 4.90 Å². The Kier molecular flexibility index (Phi) is 3.20. The van der Waals surface area contributed by atoms with Crippen LogP contribution in [0.2, 0.25) is 0 Å². The van der Waals surface area contributed by atoms with Gasteiger partial charge < -0.3 is 5.32 Å². The minimum Gasteiger partial charge on any atom is -0.308 e. The minimum absolute atomic E-state index is 0.490. The van der Waals surface area contributed by atoms with E-state index in [0.29, 0.717) is 5.54 Å². The van der Waals surface area contributed by atoms with Gasteiger partial charge >= 0.3 is 0 Å². The van der Waals surface area contributed by atoms with Crippen LogP contribution in [0, 0.1) is 5.92 Å². The van der Waals surface area contributed by atoms with Crippen molar-refractivity contribution >= 4 is 0 Å². The maximum Gasteiger partial charge on any atom is 0.0309 e. The normalized spacial score (nSPS) is 35.3. The van der Waals surface area contributed by atoms with Crippen LogP contribution < -0.4 is 5.32 Å². The summed E-state index contributed by atoms with van der Waals surface area (Å²) >= 11 is 0. The summed E-state index contributed by atoms with van der Waals surface area (Å²) in [5.74, 6) is 1.06. The Labute approximate surface area is 106 Å². The average Bonchev–Trinajstić information content (AvgIpc) is 3.02. The summed E-state index contributed by atoms with van der Waals surface area (Å²) in [4.78, 5) is 2.81. The van der Waals surface area contributed by atoms with E-state index < -0.39 is 0 Å². The van der Waals surface area contributed by atoms with E-state index in [-0.39, 0.29) is 0 Å². The molecule has 2 saturated carbocycles. The van der Waals surface area contributed by atoms with Crippen LogP contribution in [0.1, 0.15) is 58.8 Å². The van der Waals surface area contributed by atoms with Gasteiger partial charge in [0.05, 0.1) is 0 Å². The molecule has 0 aromatic heterocycles. The standard InChI is InChI=1S/C15H28N2/c1-12(9-14-5-6-14)17-11-15(7-3-4-8-15)16-10-13(17)2/h12-14,16H,3-11H2,1-2H3. The van der Waals surface area contributed by atoms with Crippen molar-refractivity contribution in [3.05, 3.63) is 0 Å². The van der Waals surface area contributed by atoms with Gasteiger partial charge in [0, 0.05) is 30.7 Å². The summed E-state index contributed by atoms with van der Waals surface area (Å²) in [5.41, 5.74) is 0.490. The molecular weight excluding hydrogens is 208 g/mol. The van der Waals surface area contributed by atoms with Crippen molar-refractivity contribution in [3.63, 3.8) is 0 Å². The highest BCUT2D eigenvalue weighted by molar-refractivity contribution is 5.01. The largest absolute Gasteiger partial charge is 0.308 e. The quantitative estimate of drug-likeness (QED) is 0.810. The lowest BCUT2D eigenvalue weighted by atomic mass is 9.91. The smallest absolute Gasteiger partial charge is 0.0309 e. The fraction of sp³-hybridized carbons (Fsp3) is 1.00. The second-order valence-corrected chi connectivity index (χ2v) is 6.92. The molecule has 0 radical (unpaired) electrons. The fourth-order valence-electron chi connectivity index (χ4n) is 3.99. The molecule has 1 heterocycles. The lowest BCUT2D eigenvalue weighted by molar-refractivity contribution is 0.0516. The lowest BCUT2D eigenvalue weighted by Crippen LogP contribution is -2.64. The summed E-state index contributed by atoms with van der Waals surface area (Å²) in [6, 6.07) is 1.53. The third-order valence-corrected chi connectivity index (χ3v) is 5.32. The second kappa shape index (κ2) is 4.55. The first-order valence-electron chi connectivity index (χ1n) is 7.69. The summed E-state index contributed by atoms with van der Waals surface area (Å²) in [6.45, 7) is 7.37. The average molecular weight is 236 g/mol. The maximum atomic E-state index is 3.86.